The highest BCUT2D eigenvalue weighted by Gasteiger charge is 2.32. The Balaban J connectivity index is 1.41. The largest absolute Gasteiger partial charge is 0.486 e. The van der Waals surface area contributed by atoms with Gasteiger partial charge in [0.1, 0.15) is 23.5 Å². The van der Waals surface area contributed by atoms with E-state index >= 15 is 0 Å². The van der Waals surface area contributed by atoms with Crippen molar-refractivity contribution >= 4 is 29.4 Å². The molecule has 1 amide bonds. The van der Waals surface area contributed by atoms with Gasteiger partial charge in [-0.25, -0.2) is 4.39 Å². The molecule has 9 heteroatoms. The lowest BCUT2D eigenvalue weighted by Crippen LogP contribution is -2.32. The molecule has 2 heterocycles. The summed E-state index contributed by atoms with van der Waals surface area (Å²) in [6.07, 6.45) is 1.76. The van der Waals surface area contributed by atoms with Crippen molar-refractivity contribution in [2.24, 2.45) is 0 Å². The van der Waals surface area contributed by atoms with Crippen molar-refractivity contribution in [1.29, 1.82) is 0 Å². The highest BCUT2D eigenvalue weighted by Crippen LogP contribution is 2.39. The first-order chi connectivity index (χ1) is 16.1. The Kier molecular flexibility index (Phi) is 7.72. The Bertz CT molecular complexity index is 1140. The number of rotatable bonds is 9. The third-order valence-corrected chi connectivity index (χ3v) is 7.36. The molecular formula is C24H25FN4O2S2. The second-order valence-corrected chi connectivity index (χ2v) is 9.65. The van der Waals surface area contributed by atoms with Gasteiger partial charge in [0.05, 0.1) is 5.75 Å². The first kappa shape index (κ1) is 23.4. The van der Waals surface area contributed by atoms with Crippen LogP contribution in [-0.4, -0.2) is 43.6 Å². The van der Waals surface area contributed by atoms with Crippen molar-refractivity contribution in [3.8, 4) is 5.75 Å². The van der Waals surface area contributed by atoms with Crippen molar-refractivity contribution in [2.75, 3.05) is 18.1 Å². The number of benzene rings is 2. The minimum Gasteiger partial charge on any atom is -0.486 e. The summed E-state index contributed by atoms with van der Waals surface area (Å²) >= 11 is 2.90. The monoisotopic (exact) mass is 484 g/mol. The highest BCUT2D eigenvalue weighted by molar-refractivity contribution is 8.00. The van der Waals surface area contributed by atoms with Gasteiger partial charge in [-0.15, -0.1) is 28.5 Å². The zero-order valence-electron chi connectivity index (χ0n) is 18.3. The van der Waals surface area contributed by atoms with Crippen LogP contribution in [0.15, 0.2) is 66.3 Å². The lowest BCUT2D eigenvalue weighted by atomic mass is 10.2. The molecule has 0 saturated carbocycles. The third-order valence-electron chi connectivity index (χ3n) is 5.17. The number of carbonyl (C=O) groups is 1. The molecule has 33 heavy (non-hydrogen) atoms. The molecule has 1 atom stereocenters. The van der Waals surface area contributed by atoms with Crippen LogP contribution >= 0.6 is 23.5 Å². The minimum atomic E-state index is -0.302. The predicted molar refractivity (Wildman–Crippen MR) is 130 cm³/mol. The molecule has 1 saturated heterocycles. The van der Waals surface area contributed by atoms with Crippen molar-refractivity contribution in [3.05, 3.63) is 84.0 Å². The smallest absolute Gasteiger partial charge is 0.234 e. The van der Waals surface area contributed by atoms with Crippen LogP contribution in [0.1, 0.15) is 22.3 Å². The van der Waals surface area contributed by atoms with Gasteiger partial charge in [-0.3, -0.25) is 9.36 Å². The van der Waals surface area contributed by atoms with E-state index in [1.807, 2.05) is 35.8 Å². The molecule has 0 aliphatic carbocycles. The average molecular weight is 485 g/mol. The van der Waals surface area contributed by atoms with Crippen molar-refractivity contribution in [3.63, 3.8) is 0 Å². The molecule has 2 aromatic carbocycles. The van der Waals surface area contributed by atoms with Crippen LogP contribution < -0.4 is 4.74 Å². The highest BCUT2D eigenvalue weighted by atomic mass is 32.2. The van der Waals surface area contributed by atoms with E-state index in [2.05, 4.69) is 16.8 Å². The SMILES string of the molecule is C=CCn1c(COc2cccc(C)c2)nnc1SCC(=O)N1CCS[C@H]1c1ccccc1F. The average Bonchev–Trinajstić information content (AvgIpc) is 3.44. The van der Waals surface area contributed by atoms with Crippen LogP contribution in [0.4, 0.5) is 4.39 Å². The Labute approximate surface area is 201 Å². The standard InChI is InChI=1S/C24H25FN4O2S2/c1-3-11-28-21(15-31-18-8-6-7-17(2)14-18)26-27-24(28)33-16-22(30)29-12-13-32-23(29)19-9-4-5-10-20(19)25/h3-10,14,23H,1,11-13,15-16H2,2H3/t23-/m0/s1. The van der Waals surface area contributed by atoms with E-state index < -0.39 is 0 Å². The molecule has 4 rings (SSSR count). The molecule has 1 fully saturated rings. The van der Waals surface area contributed by atoms with Crippen LogP contribution in [0, 0.1) is 12.7 Å². The van der Waals surface area contributed by atoms with Gasteiger partial charge in [0.25, 0.3) is 0 Å². The molecular weight excluding hydrogens is 459 g/mol. The number of aromatic nitrogens is 3. The maximum atomic E-state index is 14.3. The number of amides is 1. The number of nitrogens with zero attached hydrogens (tertiary/aromatic N) is 4. The van der Waals surface area contributed by atoms with Crippen LogP contribution in [0.5, 0.6) is 5.75 Å². The summed E-state index contributed by atoms with van der Waals surface area (Å²) in [6, 6.07) is 14.4. The van der Waals surface area contributed by atoms with Crippen LogP contribution in [0.2, 0.25) is 0 Å². The fraction of sp³-hybridized carbons (Fsp3) is 0.292. The molecule has 1 aliphatic rings. The lowest BCUT2D eigenvalue weighted by Gasteiger charge is -2.24. The summed E-state index contributed by atoms with van der Waals surface area (Å²) < 4.78 is 22.1. The normalized spacial score (nSPS) is 15.6. The van der Waals surface area contributed by atoms with Gasteiger partial charge in [0.2, 0.25) is 5.91 Å². The number of allylic oxidation sites excluding steroid dienone is 1. The molecule has 0 radical (unpaired) electrons. The number of hydrogen-bond donors (Lipinski definition) is 0. The van der Waals surface area contributed by atoms with Crippen molar-refractivity contribution in [1.82, 2.24) is 19.7 Å². The van der Waals surface area contributed by atoms with E-state index in [0.29, 0.717) is 29.6 Å². The predicted octanol–water partition coefficient (Wildman–Crippen LogP) is 4.86. The summed E-state index contributed by atoms with van der Waals surface area (Å²) in [5.74, 6) is 2.06. The topological polar surface area (TPSA) is 60.2 Å². The van der Waals surface area contributed by atoms with E-state index in [9.17, 15) is 9.18 Å². The fourth-order valence-corrected chi connectivity index (χ4v) is 5.72. The number of thioether (sulfide) groups is 2. The summed E-state index contributed by atoms with van der Waals surface area (Å²) in [6.45, 7) is 7.19. The third kappa shape index (κ3) is 5.59. The van der Waals surface area contributed by atoms with Crippen molar-refractivity contribution in [2.45, 2.75) is 30.6 Å². The molecule has 6 nitrogen and oxygen atoms in total. The van der Waals surface area contributed by atoms with E-state index in [1.165, 1.54) is 17.8 Å². The lowest BCUT2D eigenvalue weighted by molar-refractivity contribution is -0.128. The number of hydrogen-bond acceptors (Lipinski definition) is 6. The van der Waals surface area contributed by atoms with E-state index in [1.54, 1.807) is 40.9 Å². The first-order valence-electron chi connectivity index (χ1n) is 10.6. The van der Waals surface area contributed by atoms with Gasteiger partial charge < -0.3 is 9.64 Å². The van der Waals surface area contributed by atoms with Crippen LogP contribution in [0.25, 0.3) is 0 Å². The Morgan fingerprint density at radius 1 is 1.30 bits per heavy atom. The number of halogens is 1. The van der Waals surface area contributed by atoms with Crippen molar-refractivity contribution < 1.29 is 13.9 Å². The zero-order valence-corrected chi connectivity index (χ0v) is 19.9. The van der Waals surface area contributed by atoms with Gasteiger partial charge >= 0.3 is 0 Å². The van der Waals surface area contributed by atoms with Gasteiger partial charge in [-0.1, -0.05) is 48.2 Å². The van der Waals surface area contributed by atoms with Crippen LogP contribution in [-0.2, 0) is 17.9 Å². The maximum absolute atomic E-state index is 14.3. The fourth-order valence-electron chi connectivity index (χ4n) is 3.57. The molecule has 172 valence electrons. The van der Waals surface area contributed by atoms with Gasteiger partial charge in [0, 0.05) is 24.4 Å². The summed E-state index contributed by atoms with van der Waals surface area (Å²) in [7, 11) is 0. The minimum absolute atomic E-state index is 0.0519. The second-order valence-electron chi connectivity index (χ2n) is 7.52. The quantitative estimate of drug-likeness (QED) is 0.319. The number of aryl methyl sites for hydroxylation is 1. The van der Waals surface area contributed by atoms with E-state index in [0.717, 1.165) is 17.1 Å². The Morgan fingerprint density at radius 2 is 2.15 bits per heavy atom. The van der Waals surface area contributed by atoms with Crippen LogP contribution in [0.3, 0.4) is 0 Å². The summed E-state index contributed by atoms with van der Waals surface area (Å²) in [4.78, 5) is 14.7. The number of ether oxygens (including phenoxy) is 1. The molecule has 3 aromatic rings. The Morgan fingerprint density at radius 3 is 2.94 bits per heavy atom. The zero-order chi connectivity index (χ0) is 23.2. The summed E-state index contributed by atoms with van der Waals surface area (Å²) in [5.41, 5.74) is 1.66. The molecule has 0 spiro atoms. The van der Waals surface area contributed by atoms with E-state index in [4.69, 9.17) is 4.74 Å². The molecule has 0 unspecified atom stereocenters. The molecule has 0 N–H and O–H groups in total. The second kappa shape index (κ2) is 10.9. The molecule has 1 aliphatic heterocycles. The van der Waals surface area contributed by atoms with E-state index in [-0.39, 0.29) is 29.5 Å². The van der Waals surface area contributed by atoms with Gasteiger partial charge in [-0.2, -0.15) is 0 Å². The molecule has 0 bridgehead atoms. The van der Waals surface area contributed by atoms with Gasteiger partial charge in [0.15, 0.2) is 11.0 Å². The summed E-state index contributed by atoms with van der Waals surface area (Å²) in [5, 5.41) is 8.85. The Hall–Kier alpha value is -2.78. The number of carbonyl (C=O) groups excluding carboxylic acids is 1. The van der Waals surface area contributed by atoms with Gasteiger partial charge in [-0.05, 0) is 30.7 Å². The maximum Gasteiger partial charge on any atom is 0.234 e. The molecule has 1 aromatic heterocycles. The first-order valence-corrected chi connectivity index (χ1v) is 12.6.